The number of sulfonamides is 1. The SMILES string of the molecule is CCc1ccc(S(=O)(=O)NCC(c2cccs2)n2nc(C)cc2C)s1. The van der Waals surface area contributed by atoms with Crippen LogP contribution in [0.3, 0.4) is 0 Å². The number of rotatable bonds is 7. The first-order chi connectivity index (χ1) is 11.9. The van der Waals surface area contributed by atoms with Crippen molar-refractivity contribution in [1.29, 1.82) is 0 Å². The predicted octanol–water partition coefficient (Wildman–Crippen LogP) is 3.75. The Hall–Kier alpha value is -1.48. The smallest absolute Gasteiger partial charge is 0.250 e. The average Bonchev–Trinajstić information content (AvgIpc) is 3.29. The van der Waals surface area contributed by atoms with Crippen molar-refractivity contribution in [2.75, 3.05) is 6.54 Å². The number of hydrogen-bond donors (Lipinski definition) is 1. The molecule has 25 heavy (non-hydrogen) atoms. The summed E-state index contributed by atoms with van der Waals surface area (Å²) in [4.78, 5) is 2.14. The Morgan fingerprint density at radius 2 is 2.08 bits per heavy atom. The molecule has 0 aliphatic carbocycles. The largest absolute Gasteiger partial charge is 0.260 e. The Bertz CT molecular complexity index is 940. The lowest BCUT2D eigenvalue weighted by Crippen LogP contribution is -2.31. The van der Waals surface area contributed by atoms with Crippen LogP contribution in [0.4, 0.5) is 0 Å². The number of aromatic nitrogens is 2. The van der Waals surface area contributed by atoms with Crippen LogP contribution in [0.1, 0.15) is 34.1 Å². The molecule has 0 aliphatic rings. The van der Waals surface area contributed by atoms with Gasteiger partial charge in [-0.25, -0.2) is 13.1 Å². The highest BCUT2D eigenvalue weighted by atomic mass is 32.2. The van der Waals surface area contributed by atoms with Gasteiger partial charge in [0.05, 0.1) is 11.7 Å². The van der Waals surface area contributed by atoms with Crippen LogP contribution in [0, 0.1) is 13.8 Å². The van der Waals surface area contributed by atoms with E-state index in [2.05, 4.69) is 9.82 Å². The highest BCUT2D eigenvalue weighted by Gasteiger charge is 2.23. The van der Waals surface area contributed by atoms with Gasteiger partial charge >= 0.3 is 0 Å². The summed E-state index contributed by atoms with van der Waals surface area (Å²) in [6.45, 7) is 6.22. The van der Waals surface area contributed by atoms with Crippen LogP contribution in [0.2, 0.25) is 0 Å². The maximum Gasteiger partial charge on any atom is 0.250 e. The van der Waals surface area contributed by atoms with Crippen LogP contribution < -0.4 is 4.72 Å². The van der Waals surface area contributed by atoms with E-state index >= 15 is 0 Å². The number of nitrogens with zero attached hydrogens (tertiary/aromatic N) is 2. The van der Waals surface area contributed by atoms with E-state index in [-0.39, 0.29) is 12.6 Å². The van der Waals surface area contributed by atoms with Gasteiger partial charge < -0.3 is 0 Å². The summed E-state index contributed by atoms with van der Waals surface area (Å²) < 4.78 is 30.3. The van der Waals surface area contributed by atoms with E-state index in [4.69, 9.17) is 0 Å². The number of nitrogens with one attached hydrogen (secondary N) is 1. The molecule has 134 valence electrons. The van der Waals surface area contributed by atoms with Crippen LogP contribution in [0.15, 0.2) is 39.9 Å². The summed E-state index contributed by atoms with van der Waals surface area (Å²) in [5, 5.41) is 6.54. The van der Waals surface area contributed by atoms with Crippen LogP contribution in [0.5, 0.6) is 0 Å². The molecule has 0 aliphatic heterocycles. The lowest BCUT2D eigenvalue weighted by Gasteiger charge is -2.18. The quantitative estimate of drug-likeness (QED) is 0.663. The highest BCUT2D eigenvalue weighted by molar-refractivity contribution is 7.91. The van der Waals surface area contributed by atoms with E-state index in [1.165, 1.54) is 11.3 Å². The second-order valence-electron chi connectivity index (χ2n) is 5.83. The zero-order chi connectivity index (χ0) is 18.0. The molecule has 3 heterocycles. The minimum Gasteiger partial charge on any atom is -0.260 e. The van der Waals surface area contributed by atoms with E-state index in [9.17, 15) is 8.42 Å². The Kier molecular flexibility index (Phi) is 5.43. The van der Waals surface area contributed by atoms with Crippen LogP contribution in [-0.2, 0) is 16.4 Å². The number of thiophene rings is 2. The highest BCUT2D eigenvalue weighted by Crippen LogP contribution is 2.26. The van der Waals surface area contributed by atoms with Gasteiger partial charge in [0.2, 0.25) is 10.0 Å². The Morgan fingerprint density at radius 3 is 2.64 bits per heavy atom. The van der Waals surface area contributed by atoms with E-state index in [0.29, 0.717) is 4.21 Å². The fourth-order valence-electron chi connectivity index (χ4n) is 2.70. The Balaban J connectivity index is 1.85. The second-order valence-corrected chi connectivity index (χ2v) is 9.97. The third-order valence-corrected chi connectivity index (χ3v) is 8.05. The zero-order valence-corrected chi connectivity index (χ0v) is 16.8. The molecule has 0 aromatic carbocycles. The van der Waals surface area contributed by atoms with Crippen molar-refractivity contribution >= 4 is 32.7 Å². The fraction of sp³-hybridized carbons (Fsp3) is 0.353. The van der Waals surface area contributed by atoms with E-state index in [0.717, 1.165) is 27.6 Å². The third-order valence-electron chi connectivity index (χ3n) is 3.93. The molecule has 0 spiro atoms. The van der Waals surface area contributed by atoms with Crippen molar-refractivity contribution in [3.8, 4) is 0 Å². The Morgan fingerprint density at radius 1 is 1.28 bits per heavy atom. The van der Waals surface area contributed by atoms with Gasteiger partial charge in [-0.3, -0.25) is 4.68 Å². The van der Waals surface area contributed by atoms with Gasteiger partial charge in [0.15, 0.2) is 0 Å². The molecule has 1 N–H and O–H groups in total. The van der Waals surface area contributed by atoms with Gasteiger partial charge in [-0.1, -0.05) is 13.0 Å². The van der Waals surface area contributed by atoms with Gasteiger partial charge in [0, 0.05) is 22.0 Å². The lowest BCUT2D eigenvalue weighted by atomic mass is 10.2. The topological polar surface area (TPSA) is 64.0 Å². The van der Waals surface area contributed by atoms with Crippen molar-refractivity contribution in [2.24, 2.45) is 0 Å². The van der Waals surface area contributed by atoms with Crippen LogP contribution in [0.25, 0.3) is 0 Å². The summed E-state index contributed by atoms with van der Waals surface area (Å²) in [6.07, 6.45) is 0.837. The summed E-state index contributed by atoms with van der Waals surface area (Å²) in [5.74, 6) is 0. The van der Waals surface area contributed by atoms with E-state index < -0.39 is 10.0 Å². The normalized spacial score (nSPS) is 13.2. The molecule has 3 rings (SSSR count). The molecule has 1 unspecified atom stereocenters. The van der Waals surface area contributed by atoms with Crippen molar-refractivity contribution < 1.29 is 8.42 Å². The van der Waals surface area contributed by atoms with Crippen molar-refractivity contribution in [1.82, 2.24) is 14.5 Å². The molecule has 3 aromatic heterocycles. The summed E-state index contributed by atoms with van der Waals surface area (Å²) in [6, 6.07) is 9.38. The third kappa shape index (κ3) is 4.03. The minimum absolute atomic E-state index is 0.158. The lowest BCUT2D eigenvalue weighted by molar-refractivity contribution is 0.500. The van der Waals surface area contributed by atoms with E-state index in [1.807, 2.05) is 55.1 Å². The standard InChI is InChI=1S/C17H21N3O2S3/c1-4-14-7-8-17(24-14)25(21,22)18-11-15(16-6-5-9-23-16)20-13(3)10-12(2)19-20/h5-10,15,18H,4,11H2,1-3H3. The van der Waals surface area contributed by atoms with Gasteiger partial charge in [0.1, 0.15) is 4.21 Å². The van der Waals surface area contributed by atoms with Gasteiger partial charge in [-0.15, -0.1) is 22.7 Å². The maximum atomic E-state index is 12.6. The number of hydrogen-bond acceptors (Lipinski definition) is 5. The molecule has 3 aromatic rings. The summed E-state index contributed by atoms with van der Waals surface area (Å²) >= 11 is 2.93. The minimum atomic E-state index is -3.52. The van der Waals surface area contributed by atoms with Crippen molar-refractivity contribution in [3.05, 3.63) is 56.9 Å². The molecule has 5 nitrogen and oxygen atoms in total. The van der Waals surface area contributed by atoms with E-state index in [1.54, 1.807) is 17.4 Å². The average molecular weight is 396 g/mol. The van der Waals surface area contributed by atoms with Crippen molar-refractivity contribution in [3.63, 3.8) is 0 Å². The first-order valence-electron chi connectivity index (χ1n) is 8.05. The first kappa shape index (κ1) is 18.3. The summed E-state index contributed by atoms with van der Waals surface area (Å²) in [5.41, 5.74) is 1.94. The zero-order valence-electron chi connectivity index (χ0n) is 14.4. The molecule has 0 amide bonds. The molecule has 0 fully saturated rings. The molecule has 0 saturated carbocycles. The molecule has 0 radical (unpaired) electrons. The monoisotopic (exact) mass is 395 g/mol. The van der Waals surface area contributed by atoms with Gasteiger partial charge in [0.25, 0.3) is 0 Å². The number of aryl methyl sites for hydroxylation is 3. The fourth-order valence-corrected chi connectivity index (χ4v) is 5.89. The molecule has 0 bridgehead atoms. The van der Waals surface area contributed by atoms with Gasteiger partial charge in [-0.2, -0.15) is 5.10 Å². The summed E-state index contributed by atoms with van der Waals surface area (Å²) in [7, 11) is -3.52. The molecule has 8 heteroatoms. The predicted molar refractivity (Wildman–Crippen MR) is 103 cm³/mol. The van der Waals surface area contributed by atoms with Crippen LogP contribution >= 0.6 is 22.7 Å². The Labute approximate surface area is 156 Å². The van der Waals surface area contributed by atoms with Crippen LogP contribution in [-0.4, -0.2) is 24.7 Å². The maximum absolute atomic E-state index is 12.6. The second kappa shape index (κ2) is 7.41. The molecule has 0 saturated heterocycles. The van der Waals surface area contributed by atoms with Gasteiger partial charge in [-0.05, 0) is 49.9 Å². The molecular weight excluding hydrogens is 374 g/mol. The molecular formula is C17H21N3O2S3. The molecule has 1 atom stereocenters. The first-order valence-corrected chi connectivity index (χ1v) is 11.2. The van der Waals surface area contributed by atoms with Crippen molar-refractivity contribution in [2.45, 2.75) is 37.4 Å².